The number of benzene rings is 1. The van der Waals surface area contributed by atoms with Crippen LogP contribution in [-0.2, 0) is 6.54 Å². The molecule has 0 aliphatic carbocycles. The predicted molar refractivity (Wildman–Crippen MR) is 98.3 cm³/mol. The van der Waals surface area contributed by atoms with E-state index >= 15 is 0 Å². The zero-order valence-electron chi connectivity index (χ0n) is 15.3. The molecule has 0 saturated carbocycles. The molecule has 1 aromatic carbocycles. The second-order valence-corrected chi connectivity index (χ2v) is 6.97. The number of hydrogen-bond donors (Lipinski definition) is 1. The molecule has 0 spiro atoms. The number of aromatic nitrogens is 2. The highest BCUT2D eigenvalue weighted by Gasteiger charge is 2.11. The second kappa shape index (κ2) is 7.99. The van der Waals surface area contributed by atoms with Crippen molar-refractivity contribution < 1.29 is 4.79 Å². The van der Waals surface area contributed by atoms with Gasteiger partial charge in [0, 0.05) is 44.1 Å². The number of rotatable bonds is 6. The first kappa shape index (κ1) is 18.0. The van der Waals surface area contributed by atoms with Gasteiger partial charge in [0.05, 0.1) is 0 Å². The first-order valence-electron chi connectivity index (χ1n) is 8.49. The van der Waals surface area contributed by atoms with Gasteiger partial charge in [-0.3, -0.25) is 0 Å². The number of nitrogens with one attached hydrogen (secondary N) is 1. The Bertz CT molecular complexity index is 676. The van der Waals surface area contributed by atoms with E-state index in [0.29, 0.717) is 11.8 Å². The first-order valence-corrected chi connectivity index (χ1v) is 8.49. The molecule has 0 radical (unpaired) electrons. The Balaban J connectivity index is 2.06. The van der Waals surface area contributed by atoms with E-state index in [1.165, 1.54) is 0 Å². The molecule has 2 aromatic rings. The summed E-state index contributed by atoms with van der Waals surface area (Å²) in [6.07, 6.45) is 3.83. The fraction of sp³-hybridized carbons (Fsp3) is 0.474. The predicted octanol–water partition coefficient (Wildman–Crippen LogP) is 4.17. The van der Waals surface area contributed by atoms with Gasteiger partial charge in [-0.2, -0.15) is 0 Å². The summed E-state index contributed by atoms with van der Waals surface area (Å²) in [5.41, 5.74) is 1.96. The molecule has 1 heterocycles. The topological polar surface area (TPSA) is 50.2 Å². The van der Waals surface area contributed by atoms with Crippen LogP contribution in [-0.4, -0.2) is 34.1 Å². The number of amides is 2. The minimum atomic E-state index is -0.0775. The van der Waals surface area contributed by atoms with Crippen LogP contribution in [0.2, 0.25) is 0 Å². The fourth-order valence-electron chi connectivity index (χ4n) is 2.75. The quantitative estimate of drug-likeness (QED) is 0.865. The van der Waals surface area contributed by atoms with Crippen LogP contribution in [0.5, 0.6) is 0 Å². The lowest BCUT2D eigenvalue weighted by Gasteiger charge is -2.20. The molecule has 5 nitrogen and oxygen atoms in total. The SMILES string of the molecule is CC(C)CN(C)C(=O)Nc1cccc(Cn2ccnc2C(C)C)c1. The molecule has 0 saturated heterocycles. The summed E-state index contributed by atoms with van der Waals surface area (Å²) in [7, 11) is 1.82. The number of urea groups is 1. The normalized spacial score (nSPS) is 11.1. The molecule has 5 heteroatoms. The molecule has 0 fully saturated rings. The Hall–Kier alpha value is -2.30. The average molecular weight is 328 g/mol. The summed E-state index contributed by atoms with van der Waals surface area (Å²) in [4.78, 5) is 18.4. The summed E-state index contributed by atoms with van der Waals surface area (Å²) in [5, 5.41) is 2.97. The molecule has 0 aliphatic rings. The van der Waals surface area contributed by atoms with E-state index in [9.17, 15) is 4.79 Å². The van der Waals surface area contributed by atoms with E-state index in [4.69, 9.17) is 0 Å². The summed E-state index contributed by atoms with van der Waals surface area (Å²) in [5.74, 6) is 1.90. The van der Waals surface area contributed by atoms with Crippen LogP contribution in [0.3, 0.4) is 0 Å². The number of anilines is 1. The van der Waals surface area contributed by atoms with E-state index in [2.05, 4.69) is 48.6 Å². The van der Waals surface area contributed by atoms with Crippen molar-refractivity contribution in [3.63, 3.8) is 0 Å². The van der Waals surface area contributed by atoms with E-state index in [1.54, 1.807) is 4.90 Å². The van der Waals surface area contributed by atoms with Crippen molar-refractivity contribution in [2.45, 2.75) is 40.2 Å². The third kappa shape index (κ3) is 4.85. The number of carbonyl (C=O) groups excluding carboxylic acids is 1. The molecule has 24 heavy (non-hydrogen) atoms. The van der Waals surface area contributed by atoms with E-state index < -0.39 is 0 Å². The summed E-state index contributed by atoms with van der Waals surface area (Å²) >= 11 is 0. The third-order valence-electron chi connectivity index (χ3n) is 3.78. The van der Waals surface area contributed by atoms with Crippen molar-refractivity contribution in [1.29, 1.82) is 0 Å². The highest BCUT2D eigenvalue weighted by atomic mass is 16.2. The fourth-order valence-corrected chi connectivity index (χ4v) is 2.75. The highest BCUT2D eigenvalue weighted by molar-refractivity contribution is 5.89. The van der Waals surface area contributed by atoms with Gasteiger partial charge >= 0.3 is 6.03 Å². The Morgan fingerprint density at radius 1 is 1.29 bits per heavy atom. The van der Waals surface area contributed by atoms with Gasteiger partial charge in [0.15, 0.2) is 0 Å². The highest BCUT2D eigenvalue weighted by Crippen LogP contribution is 2.16. The van der Waals surface area contributed by atoms with Crippen LogP contribution >= 0.6 is 0 Å². The van der Waals surface area contributed by atoms with Gasteiger partial charge in [-0.15, -0.1) is 0 Å². The van der Waals surface area contributed by atoms with Crippen LogP contribution in [0.4, 0.5) is 10.5 Å². The number of nitrogens with zero attached hydrogens (tertiary/aromatic N) is 3. The van der Waals surface area contributed by atoms with Crippen molar-refractivity contribution in [3.8, 4) is 0 Å². The largest absolute Gasteiger partial charge is 0.330 e. The standard InChI is InChI=1S/C19H28N4O/c1-14(2)12-22(5)19(24)21-17-8-6-7-16(11-17)13-23-10-9-20-18(23)15(3)4/h6-11,14-15H,12-13H2,1-5H3,(H,21,24). The van der Waals surface area contributed by atoms with Gasteiger partial charge in [-0.25, -0.2) is 9.78 Å². The van der Waals surface area contributed by atoms with E-state index in [0.717, 1.165) is 30.2 Å². The molecule has 130 valence electrons. The molecule has 0 atom stereocenters. The molecule has 1 aromatic heterocycles. The molecular formula is C19H28N4O. The Labute approximate surface area is 144 Å². The molecule has 0 aliphatic heterocycles. The minimum absolute atomic E-state index is 0.0775. The molecule has 0 unspecified atom stereocenters. The van der Waals surface area contributed by atoms with E-state index in [1.807, 2.05) is 37.6 Å². The zero-order chi connectivity index (χ0) is 17.7. The molecular weight excluding hydrogens is 300 g/mol. The number of hydrogen-bond acceptors (Lipinski definition) is 2. The van der Waals surface area contributed by atoms with Crippen molar-refractivity contribution in [1.82, 2.24) is 14.5 Å². The zero-order valence-corrected chi connectivity index (χ0v) is 15.3. The van der Waals surface area contributed by atoms with Crippen molar-refractivity contribution in [2.75, 3.05) is 18.9 Å². The summed E-state index contributed by atoms with van der Waals surface area (Å²) in [6, 6.07) is 7.90. The van der Waals surface area contributed by atoms with Gasteiger partial charge in [0.1, 0.15) is 5.82 Å². The van der Waals surface area contributed by atoms with Crippen LogP contribution in [0.25, 0.3) is 0 Å². The van der Waals surface area contributed by atoms with Crippen LogP contribution in [0.15, 0.2) is 36.7 Å². The van der Waals surface area contributed by atoms with Gasteiger partial charge in [-0.1, -0.05) is 39.8 Å². The lowest BCUT2D eigenvalue weighted by atomic mass is 10.1. The van der Waals surface area contributed by atoms with Crippen LogP contribution in [0.1, 0.15) is 45.0 Å². The number of imidazole rings is 1. The average Bonchev–Trinajstić information content (AvgIpc) is 2.95. The first-order chi connectivity index (χ1) is 11.4. The maximum Gasteiger partial charge on any atom is 0.321 e. The smallest absolute Gasteiger partial charge is 0.321 e. The second-order valence-electron chi connectivity index (χ2n) is 6.97. The van der Waals surface area contributed by atoms with Crippen molar-refractivity contribution >= 4 is 11.7 Å². The minimum Gasteiger partial charge on any atom is -0.330 e. The van der Waals surface area contributed by atoms with Gasteiger partial charge in [0.25, 0.3) is 0 Å². The lowest BCUT2D eigenvalue weighted by molar-refractivity contribution is 0.217. The maximum atomic E-state index is 12.2. The van der Waals surface area contributed by atoms with Gasteiger partial charge in [0.2, 0.25) is 0 Å². The molecule has 1 N–H and O–H groups in total. The van der Waals surface area contributed by atoms with Crippen molar-refractivity contribution in [3.05, 3.63) is 48.0 Å². The van der Waals surface area contributed by atoms with Crippen LogP contribution in [0, 0.1) is 5.92 Å². The number of carbonyl (C=O) groups is 1. The maximum absolute atomic E-state index is 12.2. The summed E-state index contributed by atoms with van der Waals surface area (Å²) in [6.45, 7) is 9.96. The Kier molecular flexibility index (Phi) is 6.01. The molecule has 2 amide bonds. The van der Waals surface area contributed by atoms with Crippen LogP contribution < -0.4 is 5.32 Å². The molecule has 2 rings (SSSR count). The van der Waals surface area contributed by atoms with E-state index in [-0.39, 0.29) is 6.03 Å². The van der Waals surface area contributed by atoms with Gasteiger partial charge in [-0.05, 0) is 23.6 Å². The lowest BCUT2D eigenvalue weighted by Crippen LogP contribution is -2.34. The van der Waals surface area contributed by atoms with Crippen molar-refractivity contribution in [2.24, 2.45) is 5.92 Å². The Morgan fingerprint density at radius 2 is 2.04 bits per heavy atom. The molecule has 0 bridgehead atoms. The third-order valence-corrected chi connectivity index (χ3v) is 3.78. The summed E-state index contributed by atoms with van der Waals surface area (Å²) < 4.78 is 2.15. The van der Waals surface area contributed by atoms with Gasteiger partial charge < -0.3 is 14.8 Å². The monoisotopic (exact) mass is 328 g/mol. The Morgan fingerprint density at radius 3 is 2.71 bits per heavy atom.